The zero-order valence-corrected chi connectivity index (χ0v) is 14.3. The fraction of sp³-hybridized carbons (Fsp3) is 0.619. The zero-order valence-electron chi connectivity index (χ0n) is 22.3. The van der Waals surface area contributed by atoms with Crippen molar-refractivity contribution in [2.75, 3.05) is 0 Å². The molecule has 0 saturated heterocycles. The molecule has 3 rings (SSSR count). The van der Waals surface area contributed by atoms with E-state index in [0.29, 0.717) is 12.0 Å². The molecule has 0 aromatic heterocycles. The SMILES string of the molecule is [2H]C1=C(C)C([2H])([2H])C([2H])([2H])[C@]2([2H])[C@@H]1c1c(O)c([2H])c(CCCCC)c([2H])c1OC2(C)C. The van der Waals surface area contributed by atoms with Gasteiger partial charge in [0.2, 0.25) is 0 Å². The number of hydrogen-bond donors (Lipinski definition) is 1. The topological polar surface area (TPSA) is 29.5 Å². The van der Waals surface area contributed by atoms with E-state index in [1.54, 1.807) is 0 Å². The Balaban J connectivity index is 2.39. The Morgan fingerprint density at radius 1 is 1.43 bits per heavy atom. The van der Waals surface area contributed by atoms with Gasteiger partial charge in [-0.05, 0) is 64.0 Å². The highest BCUT2D eigenvalue weighted by atomic mass is 16.5. The summed E-state index contributed by atoms with van der Waals surface area (Å²) in [4.78, 5) is 0. The van der Waals surface area contributed by atoms with Gasteiger partial charge < -0.3 is 9.84 Å². The molecule has 0 radical (unpaired) electrons. The summed E-state index contributed by atoms with van der Waals surface area (Å²) in [6.07, 6.45) is -2.41. The quantitative estimate of drug-likeness (QED) is 0.566. The molecule has 0 fully saturated rings. The molecule has 1 aromatic rings. The number of rotatable bonds is 4. The molecular weight excluding hydrogens is 284 g/mol. The second kappa shape index (κ2) is 6.22. The van der Waals surface area contributed by atoms with Crippen LogP contribution in [0.3, 0.4) is 0 Å². The summed E-state index contributed by atoms with van der Waals surface area (Å²) in [6, 6.07) is -0.686. The lowest BCUT2D eigenvalue weighted by Gasteiger charge is -2.46. The Labute approximate surface area is 151 Å². The maximum absolute atomic E-state index is 11.0. The first-order valence-electron chi connectivity index (χ1n) is 12.3. The van der Waals surface area contributed by atoms with Crippen molar-refractivity contribution in [2.24, 2.45) is 5.89 Å². The van der Waals surface area contributed by atoms with Crippen LogP contribution in [0.4, 0.5) is 0 Å². The van der Waals surface area contributed by atoms with Crippen LogP contribution in [0.5, 0.6) is 11.5 Å². The molecule has 1 aliphatic carbocycles. The minimum Gasteiger partial charge on any atom is -0.507 e. The van der Waals surface area contributed by atoms with Crippen molar-refractivity contribution >= 4 is 0 Å². The second-order valence-corrected chi connectivity index (χ2v) is 6.76. The Kier molecular flexibility index (Phi) is 2.47. The first-order chi connectivity index (χ1) is 14.1. The van der Waals surface area contributed by atoms with Crippen LogP contribution in [0, 0.1) is 5.89 Å². The Bertz CT molecular complexity index is 953. The first-order valence-corrected chi connectivity index (χ1v) is 8.31. The van der Waals surface area contributed by atoms with Gasteiger partial charge in [0.25, 0.3) is 0 Å². The van der Waals surface area contributed by atoms with Crippen LogP contribution in [-0.2, 0) is 6.42 Å². The largest absolute Gasteiger partial charge is 0.507 e. The monoisotopic (exact) mass is 322 g/mol. The highest BCUT2D eigenvalue weighted by Gasteiger charge is 2.45. The van der Waals surface area contributed by atoms with Crippen LogP contribution < -0.4 is 4.74 Å². The van der Waals surface area contributed by atoms with Gasteiger partial charge in [-0.2, -0.15) is 0 Å². The second-order valence-electron chi connectivity index (χ2n) is 6.76. The number of phenols is 1. The molecule has 1 heterocycles. The van der Waals surface area contributed by atoms with E-state index in [-0.39, 0.29) is 35.0 Å². The maximum atomic E-state index is 11.0. The number of unbranched alkanes of at least 4 members (excludes halogenated alkanes) is 2. The van der Waals surface area contributed by atoms with Crippen LogP contribution in [-0.4, -0.2) is 10.7 Å². The fourth-order valence-corrected chi connectivity index (χ4v) is 3.16. The van der Waals surface area contributed by atoms with Crippen molar-refractivity contribution in [1.29, 1.82) is 0 Å². The predicted molar refractivity (Wildman–Crippen MR) is 95.3 cm³/mol. The van der Waals surface area contributed by atoms with Crippen molar-refractivity contribution < 1.29 is 20.8 Å². The van der Waals surface area contributed by atoms with E-state index in [4.69, 9.17) is 14.3 Å². The molecule has 0 bridgehead atoms. The average Bonchev–Trinajstić information content (AvgIpc) is 2.68. The summed E-state index contributed by atoms with van der Waals surface area (Å²) in [7, 11) is 0. The lowest BCUT2D eigenvalue weighted by molar-refractivity contribution is 0.0107. The molecule has 1 aromatic carbocycles. The molecule has 1 aliphatic heterocycles. The molecule has 2 atom stereocenters. The van der Waals surface area contributed by atoms with Crippen LogP contribution in [0.25, 0.3) is 0 Å². The van der Waals surface area contributed by atoms with Crippen molar-refractivity contribution in [3.8, 4) is 11.5 Å². The molecular formula is C21H30O2. The van der Waals surface area contributed by atoms with Gasteiger partial charge in [0.1, 0.15) is 17.1 Å². The van der Waals surface area contributed by atoms with Gasteiger partial charge in [-0.3, -0.25) is 0 Å². The minimum atomic E-state index is -2.78. The molecule has 2 aliphatic rings. The first kappa shape index (κ1) is 9.15. The molecule has 1 N–H and O–H groups in total. The summed E-state index contributed by atoms with van der Waals surface area (Å²) in [5.41, 5.74) is -1.61. The highest BCUT2D eigenvalue weighted by Crippen LogP contribution is 2.53. The van der Waals surface area contributed by atoms with Gasteiger partial charge in [-0.1, -0.05) is 31.4 Å². The van der Waals surface area contributed by atoms with Crippen molar-refractivity contribution in [2.45, 2.75) is 77.6 Å². The summed E-state index contributed by atoms with van der Waals surface area (Å²) >= 11 is 0. The fourth-order valence-electron chi connectivity index (χ4n) is 3.16. The number of benzene rings is 1. The van der Waals surface area contributed by atoms with Crippen LogP contribution in [0.15, 0.2) is 23.7 Å². The smallest absolute Gasteiger partial charge is 0.127 e. The minimum absolute atomic E-state index is 0.0475. The van der Waals surface area contributed by atoms with E-state index in [1.807, 2.05) is 6.92 Å². The van der Waals surface area contributed by atoms with E-state index < -0.39 is 35.9 Å². The number of aromatic hydroxyl groups is 1. The van der Waals surface area contributed by atoms with E-state index in [9.17, 15) is 6.48 Å². The van der Waals surface area contributed by atoms with E-state index in [2.05, 4.69) is 0 Å². The summed E-state index contributed by atoms with van der Waals surface area (Å²) in [5.74, 6) is -4.28. The molecule has 23 heavy (non-hydrogen) atoms. The van der Waals surface area contributed by atoms with Gasteiger partial charge >= 0.3 is 0 Å². The molecule has 0 saturated carbocycles. The third-order valence-electron chi connectivity index (χ3n) is 4.39. The van der Waals surface area contributed by atoms with Crippen LogP contribution in [0.1, 0.15) is 87.7 Å². The summed E-state index contributed by atoms with van der Waals surface area (Å²) in [6.45, 7) is 6.27. The van der Waals surface area contributed by atoms with Gasteiger partial charge in [-0.15, -0.1) is 0 Å². The van der Waals surface area contributed by atoms with Gasteiger partial charge in [0, 0.05) is 24.2 Å². The molecule has 126 valence electrons. The predicted octanol–water partition coefficient (Wildman–Crippen LogP) is 5.74. The summed E-state index contributed by atoms with van der Waals surface area (Å²) in [5, 5.41) is 11.0. The molecule has 2 nitrogen and oxygen atoms in total. The van der Waals surface area contributed by atoms with Gasteiger partial charge in [-0.25, -0.2) is 0 Å². The van der Waals surface area contributed by atoms with Crippen LogP contribution in [0.2, 0.25) is 0 Å². The van der Waals surface area contributed by atoms with E-state index in [1.165, 1.54) is 20.8 Å². The number of phenolic OH excluding ortho intramolecular Hbond substituents is 1. The lowest BCUT2D eigenvalue weighted by atomic mass is 9.68. The average molecular weight is 323 g/mol. The zero-order chi connectivity index (χ0) is 23.7. The molecule has 0 unspecified atom stereocenters. The lowest BCUT2D eigenvalue weighted by Crippen LogP contribution is -2.45. The normalized spacial score (nSPS) is 38.2. The third kappa shape index (κ3) is 3.13. The Morgan fingerprint density at radius 2 is 2.22 bits per heavy atom. The van der Waals surface area contributed by atoms with E-state index in [0.717, 1.165) is 19.3 Å². The summed E-state index contributed by atoms with van der Waals surface area (Å²) < 4.78 is 74.9. The molecule has 0 spiro atoms. The Hall–Kier alpha value is -1.44. The maximum Gasteiger partial charge on any atom is 0.127 e. The number of ether oxygens (including phenoxy) is 1. The van der Waals surface area contributed by atoms with Crippen molar-refractivity contribution in [3.05, 3.63) is 34.8 Å². The molecule has 0 amide bonds. The van der Waals surface area contributed by atoms with Gasteiger partial charge in [0.05, 0.1) is 4.11 Å². The highest BCUT2D eigenvalue weighted by molar-refractivity contribution is 5.53. The van der Waals surface area contributed by atoms with E-state index >= 15 is 0 Å². The van der Waals surface area contributed by atoms with Crippen molar-refractivity contribution in [3.63, 3.8) is 0 Å². The third-order valence-corrected chi connectivity index (χ3v) is 4.39. The standard InChI is InChI=1S/C21H30O2/c1-5-6-7-8-15-12-18(22)20-16-11-14(2)9-10-17(16)21(3,4)23-19(20)13-15/h11-13,16-17,22H,5-10H2,1-4H3/t16-,17-/m1/s1/i9D2,10D2,11D,12D,13D,17D. The van der Waals surface area contributed by atoms with Crippen molar-refractivity contribution in [1.82, 2.24) is 0 Å². The Morgan fingerprint density at radius 3 is 2.96 bits per heavy atom. The van der Waals surface area contributed by atoms with Gasteiger partial charge in [0.15, 0.2) is 0 Å². The van der Waals surface area contributed by atoms with Crippen LogP contribution >= 0.6 is 0 Å². The molecule has 2 heteroatoms. The number of hydrogen-bond acceptors (Lipinski definition) is 2. The number of allylic oxidation sites excluding steroid dienone is 2. The number of fused-ring (bicyclic) bond motifs is 3.